The molecule has 2 aromatic rings. The van der Waals surface area contributed by atoms with Crippen molar-refractivity contribution in [1.82, 2.24) is 4.31 Å². The van der Waals surface area contributed by atoms with E-state index in [0.29, 0.717) is 22.2 Å². The second-order valence-electron chi connectivity index (χ2n) is 7.18. The number of amides is 1. The predicted molar refractivity (Wildman–Crippen MR) is 112 cm³/mol. The number of hydrogen-bond donors (Lipinski definition) is 1. The maximum atomic E-state index is 12.8. The molecule has 3 rings (SSSR count). The molecule has 1 N–H and O–H groups in total. The molecule has 0 unspecified atom stereocenters. The van der Waals surface area contributed by atoms with Crippen LogP contribution in [0.25, 0.3) is 0 Å². The lowest BCUT2D eigenvalue weighted by Gasteiger charge is -2.19. The van der Waals surface area contributed by atoms with Crippen molar-refractivity contribution in [3.05, 3.63) is 39.6 Å². The molecule has 1 aromatic carbocycles. The van der Waals surface area contributed by atoms with E-state index in [1.165, 1.54) is 61.5 Å². The summed E-state index contributed by atoms with van der Waals surface area (Å²) in [6.45, 7) is 2.21. The van der Waals surface area contributed by atoms with E-state index in [2.05, 4.69) is 12.2 Å². The monoisotopic (exact) mass is 422 g/mol. The Morgan fingerprint density at radius 2 is 2.07 bits per heavy atom. The number of nitrogens with one attached hydrogen (secondary N) is 1. The number of hydrogen-bond acceptors (Lipinski definition) is 5. The zero-order chi connectivity index (χ0) is 20.5. The van der Waals surface area contributed by atoms with E-state index in [9.17, 15) is 13.2 Å². The second kappa shape index (κ2) is 8.23. The van der Waals surface area contributed by atoms with Crippen LogP contribution in [0.3, 0.4) is 0 Å². The Morgan fingerprint density at radius 3 is 2.71 bits per heavy atom. The molecule has 0 radical (unpaired) electrons. The van der Waals surface area contributed by atoms with Crippen molar-refractivity contribution in [2.45, 2.75) is 37.5 Å². The smallest absolute Gasteiger partial charge is 0.265 e. The number of fused-ring (bicyclic) bond motifs is 1. The number of rotatable bonds is 6. The molecule has 1 atom stereocenters. The molecule has 0 bridgehead atoms. The average molecular weight is 423 g/mol. The molecule has 0 saturated carbocycles. The minimum Gasteiger partial charge on any atom is -0.495 e. The third kappa shape index (κ3) is 4.09. The molecule has 0 aliphatic heterocycles. The van der Waals surface area contributed by atoms with Gasteiger partial charge in [0.1, 0.15) is 5.75 Å². The Kier molecular flexibility index (Phi) is 6.12. The van der Waals surface area contributed by atoms with Crippen molar-refractivity contribution in [3.63, 3.8) is 0 Å². The Balaban J connectivity index is 1.87. The van der Waals surface area contributed by atoms with Crippen LogP contribution in [0.15, 0.2) is 29.2 Å². The van der Waals surface area contributed by atoms with Crippen molar-refractivity contribution in [1.29, 1.82) is 0 Å². The van der Waals surface area contributed by atoms with Gasteiger partial charge >= 0.3 is 0 Å². The largest absolute Gasteiger partial charge is 0.495 e. The van der Waals surface area contributed by atoms with Crippen LogP contribution in [0.1, 0.15) is 39.9 Å². The van der Waals surface area contributed by atoms with Crippen molar-refractivity contribution < 1.29 is 17.9 Å². The first kappa shape index (κ1) is 20.8. The fourth-order valence-electron chi connectivity index (χ4n) is 3.40. The number of aryl methyl sites for hydroxylation is 1. The van der Waals surface area contributed by atoms with Gasteiger partial charge in [0.25, 0.3) is 5.91 Å². The molecule has 6 nitrogen and oxygen atoms in total. The molecule has 1 heterocycles. The van der Waals surface area contributed by atoms with Crippen LogP contribution in [0.2, 0.25) is 0 Å². The Morgan fingerprint density at radius 1 is 1.32 bits per heavy atom. The van der Waals surface area contributed by atoms with Gasteiger partial charge in [-0.25, -0.2) is 12.7 Å². The molecular weight excluding hydrogens is 396 g/mol. The van der Waals surface area contributed by atoms with E-state index < -0.39 is 10.0 Å². The van der Waals surface area contributed by atoms with Gasteiger partial charge in [0.15, 0.2) is 0 Å². The summed E-state index contributed by atoms with van der Waals surface area (Å²) < 4.78 is 31.2. The SMILES string of the molecule is CC[C@H]1CCc2sc(C(=O)Nc3cc(S(=O)(=O)N(C)C)ccc3OC)cc2C1. The van der Waals surface area contributed by atoms with Crippen molar-refractivity contribution >= 4 is 33.0 Å². The van der Waals surface area contributed by atoms with Gasteiger partial charge < -0.3 is 10.1 Å². The van der Waals surface area contributed by atoms with E-state index in [4.69, 9.17) is 4.74 Å². The van der Waals surface area contributed by atoms with Crippen LogP contribution in [-0.2, 0) is 22.9 Å². The van der Waals surface area contributed by atoms with Gasteiger partial charge in [-0.3, -0.25) is 4.79 Å². The van der Waals surface area contributed by atoms with E-state index in [1.807, 2.05) is 6.07 Å². The number of ether oxygens (including phenoxy) is 1. The first-order chi connectivity index (χ1) is 13.3. The van der Waals surface area contributed by atoms with Gasteiger partial charge in [0.2, 0.25) is 10.0 Å². The number of anilines is 1. The highest BCUT2D eigenvalue weighted by molar-refractivity contribution is 7.89. The Labute approximate surface area is 170 Å². The van der Waals surface area contributed by atoms with E-state index >= 15 is 0 Å². The fourth-order valence-corrected chi connectivity index (χ4v) is 5.43. The number of benzene rings is 1. The molecule has 28 heavy (non-hydrogen) atoms. The van der Waals surface area contributed by atoms with Crippen molar-refractivity contribution in [2.24, 2.45) is 5.92 Å². The lowest BCUT2D eigenvalue weighted by atomic mass is 9.87. The van der Waals surface area contributed by atoms with Gasteiger partial charge in [-0.15, -0.1) is 11.3 Å². The quantitative estimate of drug-likeness (QED) is 0.769. The third-order valence-corrected chi connectivity index (χ3v) is 8.23. The molecule has 1 amide bonds. The van der Waals surface area contributed by atoms with Crippen molar-refractivity contribution in [3.8, 4) is 5.75 Å². The van der Waals surface area contributed by atoms with Gasteiger partial charge in [-0.2, -0.15) is 0 Å². The summed E-state index contributed by atoms with van der Waals surface area (Å²) in [5, 5.41) is 2.83. The third-order valence-electron chi connectivity index (χ3n) is 5.18. The number of carbonyl (C=O) groups is 1. The number of nitrogens with zero attached hydrogens (tertiary/aromatic N) is 1. The molecule has 0 saturated heterocycles. The van der Waals surface area contributed by atoms with Crippen LogP contribution in [0, 0.1) is 5.92 Å². The lowest BCUT2D eigenvalue weighted by Crippen LogP contribution is -2.22. The highest BCUT2D eigenvalue weighted by Gasteiger charge is 2.24. The van der Waals surface area contributed by atoms with Gasteiger partial charge in [0, 0.05) is 19.0 Å². The zero-order valence-electron chi connectivity index (χ0n) is 16.6. The van der Waals surface area contributed by atoms with Gasteiger partial charge in [0.05, 0.1) is 22.6 Å². The highest BCUT2D eigenvalue weighted by Crippen LogP contribution is 2.35. The van der Waals surface area contributed by atoms with E-state index in [-0.39, 0.29) is 10.8 Å². The molecule has 1 aromatic heterocycles. The first-order valence-electron chi connectivity index (χ1n) is 9.29. The molecule has 0 fully saturated rings. The van der Waals surface area contributed by atoms with E-state index in [1.54, 1.807) is 6.07 Å². The number of thiophene rings is 1. The van der Waals surface area contributed by atoms with Crippen LogP contribution < -0.4 is 10.1 Å². The summed E-state index contributed by atoms with van der Waals surface area (Å²) in [6.07, 6.45) is 4.37. The summed E-state index contributed by atoms with van der Waals surface area (Å²) in [5.41, 5.74) is 1.61. The normalized spacial score (nSPS) is 16.7. The van der Waals surface area contributed by atoms with Gasteiger partial charge in [-0.05, 0) is 55.0 Å². The zero-order valence-corrected chi connectivity index (χ0v) is 18.2. The molecule has 1 aliphatic rings. The van der Waals surface area contributed by atoms with Crippen LogP contribution >= 0.6 is 11.3 Å². The Bertz CT molecular complexity index is 980. The maximum Gasteiger partial charge on any atom is 0.265 e. The summed E-state index contributed by atoms with van der Waals surface area (Å²) in [6, 6.07) is 6.44. The maximum absolute atomic E-state index is 12.8. The summed E-state index contributed by atoms with van der Waals surface area (Å²) >= 11 is 1.52. The predicted octanol–water partition coefficient (Wildman–Crippen LogP) is 3.77. The molecule has 152 valence electrons. The molecular formula is C20H26N2O4S2. The molecule has 1 aliphatic carbocycles. The first-order valence-corrected chi connectivity index (χ1v) is 11.6. The summed E-state index contributed by atoms with van der Waals surface area (Å²) in [5.74, 6) is 0.856. The Hall–Kier alpha value is -1.90. The summed E-state index contributed by atoms with van der Waals surface area (Å²) in [7, 11) is 0.818. The standard InChI is InChI=1S/C20H26N2O4S2/c1-5-13-6-9-18-14(10-13)11-19(27-18)20(23)21-16-12-15(7-8-17(16)26-4)28(24,25)22(2)3/h7-8,11-13H,5-6,9-10H2,1-4H3,(H,21,23)/t13-/m0/s1. The summed E-state index contributed by atoms with van der Waals surface area (Å²) in [4.78, 5) is 14.9. The van der Waals surface area contributed by atoms with Crippen LogP contribution in [-0.4, -0.2) is 39.8 Å². The number of sulfonamides is 1. The van der Waals surface area contributed by atoms with Gasteiger partial charge in [-0.1, -0.05) is 13.3 Å². The second-order valence-corrected chi connectivity index (χ2v) is 10.5. The van der Waals surface area contributed by atoms with E-state index in [0.717, 1.165) is 23.6 Å². The minimum atomic E-state index is -3.61. The van der Waals surface area contributed by atoms with Crippen LogP contribution in [0.4, 0.5) is 5.69 Å². The number of carbonyl (C=O) groups excluding carboxylic acids is 1. The highest BCUT2D eigenvalue weighted by atomic mass is 32.2. The topological polar surface area (TPSA) is 75.7 Å². The number of methoxy groups -OCH3 is 1. The van der Waals surface area contributed by atoms with Crippen LogP contribution in [0.5, 0.6) is 5.75 Å². The molecule has 8 heteroatoms. The van der Waals surface area contributed by atoms with Crippen molar-refractivity contribution in [2.75, 3.05) is 26.5 Å². The lowest BCUT2D eigenvalue weighted by molar-refractivity contribution is 0.103. The molecule has 0 spiro atoms. The fraction of sp³-hybridized carbons (Fsp3) is 0.450. The minimum absolute atomic E-state index is 0.102. The average Bonchev–Trinajstić information content (AvgIpc) is 3.11.